The van der Waals surface area contributed by atoms with Gasteiger partial charge in [-0.2, -0.15) is 0 Å². The molecule has 116 valence electrons. The molecule has 0 heterocycles. The van der Waals surface area contributed by atoms with Gasteiger partial charge in [0, 0.05) is 13.6 Å². The van der Waals surface area contributed by atoms with Crippen molar-refractivity contribution in [2.24, 2.45) is 11.1 Å². The van der Waals surface area contributed by atoms with Crippen molar-refractivity contribution in [2.45, 2.75) is 18.7 Å². The fourth-order valence-electron chi connectivity index (χ4n) is 1.60. The molecule has 0 aliphatic carbocycles. The van der Waals surface area contributed by atoms with E-state index in [1.165, 1.54) is 7.05 Å². The molecule has 1 aromatic rings. The highest BCUT2D eigenvalue weighted by Gasteiger charge is 2.30. The molecule has 0 aliphatic heterocycles. The molecule has 0 atom stereocenters. The fourth-order valence-corrected chi connectivity index (χ4v) is 3.03. The van der Waals surface area contributed by atoms with Crippen LogP contribution in [0.3, 0.4) is 0 Å². The predicted molar refractivity (Wildman–Crippen MR) is 76.3 cm³/mol. The zero-order valence-corrected chi connectivity index (χ0v) is 13.2. The summed E-state index contributed by atoms with van der Waals surface area (Å²) in [6.07, 6.45) is 0. The molecule has 0 fully saturated rings. The van der Waals surface area contributed by atoms with E-state index in [9.17, 15) is 17.2 Å². The predicted octanol–water partition coefficient (Wildman–Crippen LogP) is 1.99. The van der Waals surface area contributed by atoms with Crippen LogP contribution in [0.25, 0.3) is 0 Å². The minimum atomic E-state index is -4.07. The van der Waals surface area contributed by atoms with Crippen molar-refractivity contribution in [3.05, 3.63) is 29.8 Å². The first-order chi connectivity index (χ1) is 8.62. The van der Waals surface area contributed by atoms with Gasteiger partial charge in [0.15, 0.2) is 11.6 Å². The third kappa shape index (κ3) is 4.12. The summed E-state index contributed by atoms with van der Waals surface area (Å²) in [7, 11) is -2.76. The smallest absolute Gasteiger partial charge is 0.245 e. The molecular formula is C12H19ClF2N2O2S. The van der Waals surface area contributed by atoms with E-state index in [4.69, 9.17) is 5.73 Å². The largest absolute Gasteiger partial charge is 0.330 e. The summed E-state index contributed by atoms with van der Waals surface area (Å²) in [6.45, 7) is 3.97. The van der Waals surface area contributed by atoms with Gasteiger partial charge in [-0.25, -0.2) is 21.5 Å². The summed E-state index contributed by atoms with van der Waals surface area (Å²) in [5.41, 5.74) is 5.08. The Morgan fingerprint density at radius 2 is 1.85 bits per heavy atom. The molecular weight excluding hydrogens is 310 g/mol. The number of halogens is 3. The molecule has 0 bridgehead atoms. The normalized spacial score (nSPS) is 12.3. The second-order valence-electron chi connectivity index (χ2n) is 5.18. The van der Waals surface area contributed by atoms with Crippen molar-refractivity contribution in [3.8, 4) is 0 Å². The lowest BCUT2D eigenvalue weighted by Crippen LogP contribution is -2.40. The van der Waals surface area contributed by atoms with E-state index in [1.807, 2.05) is 0 Å². The SMILES string of the molecule is CN(CC(C)(C)CN)S(=O)(=O)c1cccc(F)c1F.Cl. The number of rotatable bonds is 5. The van der Waals surface area contributed by atoms with Crippen LogP contribution in [0.4, 0.5) is 8.78 Å². The van der Waals surface area contributed by atoms with Gasteiger partial charge in [0.25, 0.3) is 0 Å². The third-order valence-corrected chi connectivity index (χ3v) is 4.63. The second-order valence-corrected chi connectivity index (χ2v) is 7.19. The van der Waals surface area contributed by atoms with E-state index in [0.717, 1.165) is 22.5 Å². The van der Waals surface area contributed by atoms with E-state index < -0.39 is 32.0 Å². The van der Waals surface area contributed by atoms with Crippen LogP contribution in [0, 0.1) is 17.0 Å². The molecule has 8 heteroatoms. The Balaban J connectivity index is 0.00000361. The Labute approximate surface area is 124 Å². The van der Waals surface area contributed by atoms with Gasteiger partial charge in [0.2, 0.25) is 10.0 Å². The molecule has 0 saturated heterocycles. The van der Waals surface area contributed by atoms with Gasteiger partial charge >= 0.3 is 0 Å². The molecule has 1 aromatic carbocycles. The lowest BCUT2D eigenvalue weighted by molar-refractivity contribution is 0.291. The Morgan fingerprint density at radius 3 is 2.35 bits per heavy atom. The van der Waals surface area contributed by atoms with Gasteiger partial charge in [-0.05, 0) is 24.1 Å². The molecule has 0 aromatic heterocycles. The van der Waals surface area contributed by atoms with Crippen molar-refractivity contribution < 1.29 is 17.2 Å². The molecule has 0 radical (unpaired) electrons. The Kier molecular flexibility index (Phi) is 6.54. The molecule has 1 rings (SSSR count). The monoisotopic (exact) mass is 328 g/mol. The summed E-state index contributed by atoms with van der Waals surface area (Å²) >= 11 is 0. The Bertz CT molecular complexity index is 565. The molecule has 0 saturated carbocycles. The zero-order chi connectivity index (χ0) is 14.8. The molecule has 0 aliphatic rings. The molecule has 0 amide bonds. The van der Waals surface area contributed by atoms with Crippen LogP contribution >= 0.6 is 12.4 Å². The summed E-state index contributed by atoms with van der Waals surface area (Å²) in [5.74, 6) is -2.55. The Morgan fingerprint density at radius 1 is 1.30 bits per heavy atom. The molecule has 0 unspecified atom stereocenters. The van der Waals surface area contributed by atoms with Crippen molar-refractivity contribution in [3.63, 3.8) is 0 Å². The van der Waals surface area contributed by atoms with E-state index in [0.29, 0.717) is 0 Å². The van der Waals surface area contributed by atoms with Gasteiger partial charge in [-0.15, -0.1) is 12.4 Å². The van der Waals surface area contributed by atoms with Crippen LogP contribution in [0.1, 0.15) is 13.8 Å². The number of nitrogens with two attached hydrogens (primary N) is 1. The highest BCUT2D eigenvalue weighted by Crippen LogP contribution is 2.23. The summed E-state index contributed by atoms with van der Waals surface area (Å²) in [4.78, 5) is -0.664. The van der Waals surface area contributed by atoms with E-state index in [-0.39, 0.29) is 25.5 Å². The standard InChI is InChI=1S/C12H18F2N2O2S.ClH/c1-12(2,7-15)8-16(3)19(17,18)10-6-4-5-9(13)11(10)14;/h4-6H,7-8,15H2,1-3H3;1H. The third-order valence-electron chi connectivity index (χ3n) is 2.81. The number of hydrogen-bond acceptors (Lipinski definition) is 3. The van der Waals surface area contributed by atoms with Crippen LogP contribution in [0.15, 0.2) is 23.1 Å². The molecule has 20 heavy (non-hydrogen) atoms. The van der Waals surface area contributed by atoms with Gasteiger partial charge < -0.3 is 5.73 Å². The van der Waals surface area contributed by atoms with Gasteiger partial charge in [0.1, 0.15) is 4.90 Å². The first kappa shape index (κ1) is 19.2. The quantitative estimate of drug-likeness (QED) is 0.899. The average Bonchev–Trinajstić information content (AvgIpc) is 2.31. The van der Waals surface area contributed by atoms with Crippen LogP contribution in [-0.4, -0.2) is 32.9 Å². The number of hydrogen-bond donors (Lipinski definition) is 1. The van der Waals surface area contributed by atoms with Crippen LogP contribution < -0.4 is 5.73 Å². The first-order valence-electron chi connectivity index (χ1n) is 5.72. The van der Waals surface area contributed by atoms with Crippen molar-refractivity contribution in [1.29, 1.82) is 0 Å². The van der Waals surface area contributed by atoms with E-state index >= 15 is 0 Å². The maximum absolute atomic E-state index is 13.6. The highest BCUT2D eigenvalue weighted by atomic mass is 35.5. The zero-order valence-electron chi connectivity index (χ0n) is 11.6. The molecule has 0 spiro atoms. The first-order valence-corrected chi connectivity index (χ1v) is 7.16. The van der Waals surface area contributed by atoms with E-state index in [2.05, 4.69) is 0 Å². The number of benzene rings is 1. The van der Waals surface area contributed by atoms with Crippen LogP contribution in [0.2, 0.25) is 0 Å². The lowest BCUT2D eigenvalue weighted by Gasteiger charge is -2.28. The number of sulfonamides is 1. The van der Waals surface area contributed by atoms with Crippen molar-refractivity contribution in [1.82, 2.24) is 4.31 Å². The molecule has 4 nitrogen and oxygen atoms in total. The Hall–Kier alpha value is -0.760. The van der Waals surface area contributed by atoms with Crippen LogP contribution in [0.5, 0.6) is 0 Å². The van der Waals surface area contributed by atoms with Gasteiger partial charge in [0.05, 0.1) is 0 Å². The number of nitrogens with zero attached hydrogens (tertiary/aromatic N) is 1. The maximum atomic E-state index is 13.6. The second kappa shape index (κ2) is 6.80. The topological polar surface area (TPSA) is 63.4 Å². The van der Waals surface area contributed by atoms with Crippen LogP contribution in [-0.2, 0) is 10.0 Å². The average molecular weight is 329 g/mol. The summed E-state index contributed by atoms with van der Waals surface area (Å²) in [6, 6.07) is 3.07. The summed E-state index contributed by atoms with van der Waals surface area (Å²) in [5, 5.41) is 0. The van der Waals surface area contributed by atoms with Gasteiger partial charge in [-0.3, -0.25) is 0 Å². The molecule has 2 N–H and O–H groups in total. The maximum Gasteiger partial charge on any atom is 0.245 e. The fraction of sp³-hybridized carbons (Fsp3) is 0.500. The highest BCUT2D eigenvalue weighted by molar-refractivity contribution is 7.89. The van der Waals surface area contributed by atoms with E-state index in [1.54, 1.807) is 13.8 Å². The van der Waals surface area contributed by atoms with Gasteiger partial charge in [-0.1, -0.05) is 19.9 Å². The summed E-state index contributed by atoms with van der Waals surface area (Å²) < 4.78 is 52.0. The van der Waals surface area contributed by atoms with Crippen molar-refractivity contribution in [2.75, 3.05) is 20.1 Å². The minimum absolute atomic E-state index is 0. The minimum Gasteiger partial charge on any atom is -0.330 e. The lowest BCUT2D eigenvalue weighted by atomic mass is 9.94. The van der Waals surface area contributed by atoms with Crippen molar-refractivity contribution >= 4 is 22.4 Å².